The molecule has 0 saturated carbocycles. The summed E-state index contributed by atoms with van der Waals surface area (Å²) in [4.78, 5) is 11.3. The number of ether oxygens (including phenoxy) is 1. The molecule has 0 spiro atoms. The number of Topliss-reactive ketones (excluding diaryl/α,β-unsaturated/α-hetero) is 1. The van der Waals surface area contributed by atoms with Gasteiger partial charge in [-0.1, -0.05) is 0 Å². The van der Waals surface area contributed by atoms with Crippen LogP contribution in [0.15, 0.2) is 16.6 Å². The van der Waals surface area contributed by atoms with Gasteiger partial charge in [0.25, 0.3) is 0 Å². The Labute approximate surface area is 91.4 Å². The highest BCUT2D eigenvalue weighted by Gasteiger charge is 2.11. The van der Waals surface area contributed by atoms with Crippen LogP contribution >= 0.6 is 15.9 Å². The van der Waals surface area contributed by atoms with Crippen molar-refractivity contribution in [1.29, 1.82) is 0 Å². The summed E-state index contributed by atoms with van der Waals surface area (Å²) in [5.74, 6) is 0.509. The molecule has 0 radical (unpaired) electrons. The number of rotatable bonds is 3. The maximum atomic E-state index is 11.3. The van der Waals surface area contributed by atoms with E-state index in [9.17, 15) is 4.79 Å². The van der Waals surface area contributed by atoms with Gasteiger partial charge in [-0.25, -0.2) is 0 Å². The van der Waals surface area contributed by atoms with Crippen LogP contribution < -0.4 is 10.5 Å². The number of benzene rings is 1. The average molecular weight is 258 g/mol. The van der Waals surface area contributed by atoms with E-state index in [1.807, 2.05) is 6.92 Å². The van der Waals surface area contributed by atoms with Crippen LogP contribution in [0.5, 0.6) is 5.75 Å². The number of carbonyl (C=O) groups excluding carboxylic acids is 1. The molecule has 4 heteroatoms. The summed E-state index contributed by atoms with van der Waals surface area (Å²) < 4.78 is 6.03. The third-order valence-electron chi connectivity index (χ3n) is 1.78. The molecule has 0 aliphatic carbocycles. The van der Waals surface area contributed by atoms with Gasteiger partial charge in [0.05, 0.1) is 12.2 Å². The molecule has 76 valence electrons. The minimum absolute atomic E-state index is 0.0332. The van der Waals surface area contributed by atoms with Gasteiger partial charge in [0, 0.05) is 16.2 Å². The first-order chi connectivity index (χ1) is 6.56. The lowest BCUT2D eigenvalue weighted by Crippen LogP contribution is -2.02. The van der Waals surface area contributed by atoms with E-state index in [-0.39, 0.29) is 5.78 Å². The first-order valence-corrected chi connectivity index (χ1v) is 5.08. The molecule has 0 fully saturated rings. The lowest BCUT2D eigenvalue weighted by Gasteiger charge is -2.09. The number of ketones is 1. The summed E-state index contributed by atoms with van der Waals surface area (Å²) in [5.41, 5.74) is 6.80. The number of hydrogen-bond donors (Lipinski definition) is 1. The highest BCUT2D eigenvalue weighted by Crippen LogP contribution is 2.29. The first-order valence-electron chi connectivity index (χ1n) is 4.29. The van der Waals surface area contributed by atoms with Crippen LogP contribution in [0.1, 0.15) is 24.2 Å². The molecule has 1 aromatic carbocycles. The Morgan fingerprint density at radius 2 is 2.21 bits per heavy atom. The van der Waals surface area contributed by atoms with Gasteiger partial charge in [-0.15, -0.1) is 0 Å². The van der Waals surface area contributed by atoms with Crippen molar-refractivity contribution in [3.8, 4) is 5.75 Å². The second-order valence-corrected chi connectivity index (χ2v) is 3.71. The van der Waals surface area contributed by atoms with Gasteiger partial charge < -0.3 is 10.5 Å². The van der Waals surface area contributed by atoms with Crippen molar-refractivity contribution in [3.05, 3.63) is 22.2 Å². The highest BCUT2D eigenvalue weighted by atomic mass is 79.9. The molecule has 0 bridgehead atoms. The molecule has 1 rings (SSSR count). The van der Waals surface area contributed by atoms with E-state index in [1.165, 1.54) is 6.92 Å². The van der Waals surface area contributed by atoms with Crippen molar-refractivity contribution in [1.82, 2.24) is 0 Å². The highest BCUT2D eigenvalue weighted by molar-refractivity contribution is 9.10. The van der Waals surface area contributed by atoms with Crippen molar-refractivity contribution < 1.29 is 9.53 Å². The number of carbonyl (C=O) groups is 1. The van der Waals surface area contributed by atoms with Crippen LogP contribution in [0.2, 0.25) is 0 Å². The van der Waals surface area contributed by atoms with E-state index in [4.69, 9.17) is 10.5 Å². The lowest BCUT2D eigenvalue weighted by molar-refractivity contribution is 0.101. The number of hydrogen-bond acceptors (Lipinski definition) is 3. The third kappa shape index (κ3) is 2.26. The maximum Gasteiger partial charge on any atom is 0.163 e. The third-order valence-corrected chi connectivity index (χ3v) is 2.46. The van der Waals surface area contributed by atoms with Gasteiger partial charge in [-0.05, 0) is 35.8 Å². The summed E-state index contributed by atoms with van der Waals surface area (Å²) in [7, 11) is 0. The second kappa shape index (κ2) is 4.46. The molecule has 0 aliphatic heterocycles. The van der Waals surface area contributed by atoms with Crippen molar-refractivity contribution in [2.24, 2.45) is 0 Å². The summed E-state index contributed by atoms with van der Waals surface area (Å²) in [6.45, 7) is 3.88. The van der Waals surface area contributed by atoms with E-state index in [1.54, 1.807) is 12.1 Å². The molecular formula is C10H12BrNO2. The van der Waals surface area contributed by atoms with Crippen LogP contribution in [0.3, 0.4) is 0 Å². The predicted octanol–water partition coefficient (Wildman–Crippen LogP) is 2.63. The zero-order chi connectivity index (χ0) is 10.7. The molecule has 0 saturated heterocycles. The van der Waals surface area contributed by atoms with Gasteiger partial charge in [0.1, 0.15) is 5.75 Å². The molecule has 0 aromatic heterocycles. The maximum absolute atomic E-state index is 11.3. The standard InChI is InChI=1S/C10H12BrNO2/c1-3-14-10-5-9(12)8(11)4-7(10)6(2)13/h4-5H,3,12H2,1-2H3. The molecule has 3 nitrogen and oxygen atoms in total. The van der Waals surface area contributed by atoms with Gasteiger partial charge in [0.2, 0.25) is 0 Å². The zero-order valence-corrected chi connectivity index (χ0v) is 9.72. The van der Waals surface area contributed by atoms with E-state index in [0.717, 1.165) is 0 Å². The number of nitrogen functional groups attached to an aromatic ring is 1. The number of nitrogens with two attached hydrogens (primary N) is 1. The predicted molar refractivity (Wildman–Crippen MR) is 59.7 cm³/mol. The Morgan fingerprint density at radius 1 is 1.57 bits per heavy atom. The van der Waals surface area contributed by atoms with Crippen LogP contribution in [0, 0.1) is 0 Å². The molecule has 0 heterocycles. The van der Waals surface area contributed by atoms with Crippen molar-refractivity contribution in [3.63, 3.8) is 0 Å². The minimum Gasteiger partial charge on any atom is -0.493 e. The summed E-state index contributed by atoms with van der Waals surface area (Å²) in [6, 6.07) is 3.34. The molecule has 0 aliphatic rings. The quantitative estimate of drug-likeness (QED) is 0.669. The topological polar surface area (TPSA) is 52.3 Å². The molecule has 0 amide bonds. The zero-order valence-electron chi connectivity index (χ0n) is 8.13. The summed E-state index contributed by atoms with van der Waals surface area (Å²) in [5, 5.41) is 0. The van der Waals surface area contributed by atoms with Gasteiger partial charge in [0.15, 0.2) is 5.78 Å². The Bertz CT molecular complexity index is 363. The largest absolute Gasteiger partial charge is 0.493 e. The Morgan fingerprint density at radius 3 is 2.71 bits per heavy atom. The molecule has 0 unspecified atom stereocenters. The van der Waals surface area contributed by atoms with Crippen molar-refractivity contribution >= 4 is 27.4 Å². The molecular weight excluding hydrogens is 246 g/mol. The van der Waals surface area contributed by atoms with Gasteiger partial charge in [-0.2, -0.15) is 0 Å². The van der Waals surface area contributed by atoms with Crippen molar-refractivity contribution in [2.45, 2.75) is 13.8 Å². The van der Waals surface area contributed by atoms with Crippen LogP contribution in [-0.2, 0) is 0 Å². The van der Waals surface area contributed by atoms with Crippen LogP contribution in [0.4, 0.5) is 5.69 Å². The SMILES string of the molecule is CCOc1cc(N)c(Br)cc1C(C)=O. The smallest absolute Gasteiger partial charge is 0.163 e. The Kier molecular flexibility index (Phi) is 3.52. The van der Waals surface area contributed by atoms with Crippen LogP contribution in [-0.4, -0.2) is 12.4 Å². The van der Waals surface area contributed by atoms with E-state index in [2.05, 4.69) is 15.9 Å². The Hall–Kier alpha value is -1.03. The van der Waals surface area contributed by atoms with Crippen LogP contribution in [0.25, 0.3) is 0 Å². The lowest BCUT2D eigenvalue weighted by atomic mass is 10.1. The number of halogens is 1. The minimum atomic E-state index is -0.0332. The second-order valence-electron chi connectivity index (χ2n) is 2.86. The van der Waals surface area contributed by atoms with E-state index in [0.29, 0.717) is 28.1 Å². The monoisotopic (exact) mass is 257 g/mol. The normalized spacial score (nSPS) is 9.93. The Balaban J connectivity index is 3.24. The van der Waals surface area contributed by atoms with E-state index >= 15 is 0 Å². The summed E-state index contributed by atoms with van der Waals surface area (Å²) >= 11 is 3.27. The van der Waals surface area contributed by atoms with Gasteiger partial charge >= 0.3 is 0 Å². The van der Waals surface area contributed by atoms with Crippen molar-refractivity contribution in [2.75, 3.05) is 12.3 Å². The van der Waals surface area contributed by atoms with Gasteiger partial charge in [-0.3, -0.25) is 4.79 Å². The van der Waals surface area contributed by atoms with E-state index < -0.39 is 0 Å². The molecule has 0 atom stereocenters. The molecule has 1 aromatic rings. The number of anilines is 1. The summed E-state index contributed by atoms with van der Waals surface area (Å²) in [6.07, 6.45) is 0. The molecule has 14 heavy (non-hydrogen) atoms. The fourth-order valence-electron chi connectivity index (χ4n) is 1.12. The fraction of sp³-hybridized carbons (Fsp3) is 0.300. The fourth-order valence-corrected chi connectivity index (χ4v) is 1.46. The first kappa shape index (κ1) is 11.0. The average Bonchev–Trinajstić information content (AvgIpc) is 2.11. The molecule has 2 N–H and O–H groups in total.